The third-order valence-electron chi connectivity index (χ3n) is 0.693. The molecule has 50 valence electrons. The van der Waals surface area contributed by atoms with E-state index in [-0.39, 0.29) is 9.83 Å². The summed E-state index contributed by atoms with van der Waals surface area (Å²) in [6.07, 6.45) is 0. The maximum atomic E-state index is 7.88. The highest BCUT2D eigenvalue weighted by atomic mass is 79.9. The van der Waals surface area contributed by atoms with Gasteiger partial charge in [-0.05, 0) is 33.9 Å². The first-order valence-electron chi connectivity index (χ1n) is 6.60. The van der Waals surface area contributed by atoms with Crippen LogP contribution in [-0.2, 0) is 0 Å². The molecular weight excluding hydrogens is 196 g/mol. The maximum absolute atomic E-state index is 7.88. The Morgan fingerprint density at radius 2 is 2.67 bits per heavy atom. The van der Waals surface area contributed by atoms with E-state index >= 15 is 0 Å². The van der Waals surface area contributed by atoms with Crippen LogP contribution in [0.1, 0.15) is 36.8 Å². The Morgan fingerprint density at radius 1 is 1.89 bits per heavy atom. The van der Waals surface area contributed by atoms with E-state index in [4.69, 9.17) is 12.3 Å². The summed E-state index contributed by atoms with van der Waals surface area (Å²) in [5.41, 5.74) is 0. The molecule has 2 heteroatoms. The van der Waals surface area contributed by atoms with Gasteiger partial charge in [-0.15, -0.1) is 11.3 Å². The molecule has 0 atom stereocenters. The summed E-state index contributed by atoms with van der Waals surface area (Å²) >= 11 is 3.59. The van der Waals surface area contributed by atoms with Crippen LogP contribution in [0.4, 0.5) is 0 Å². The standard InChI is InChI=1S/C7H9BrS/c1-5(2)6-3-4-7(8)9-6/h3-5H,1-2H3/i1D3,2D3,3D,4D,5D. The first kappa shape index (κ1) is 1.86. The zero-order chi connectivity index (χ0) is 14.5. The zero-order valence-electron chi connectivity index (χ0n) is 13.3. The molecule has 0 N–H and O–H groups in total. The molecule has 0 nitrogen and oxygen atoms in total. The van der Waals surface area contributed by atoms with Gasteiger partial charge in [-0.1, -0.05) is 13.7 Å². The quantitative estimate of drug-likeness (QED) is 0.669. The van der Waals surface area contributed by atoms with Gasteiger partial charge in [-0.2, -0.15) is 0 Å². The van der Waals surface area contributed by atoms with Gasteiger partial charge < -0.3 is 0 Å². The van der Waals surface area contributed by atoms with Crippen LogP contribution in [0.25, 0.3) is 0 Å². The molecule has 0 fully saturated rings. The lowest BCUT2D eigenvalue weighted by molar-refractivity contribution is 0.890. The molecule has 0 spiro atoms. The summed E-state index contributed by atoms with van der Waals surface area (Å²) < 4.78 is 66.8. The predicted molar refractivity (Wildman–Crippen MR) is 46.1 cm³/mol. The van der Waals surface area contributed by atoms with E-state index < -0.39 is 30.5 Å². The fraction of sp³-hybridized carbons (Fsp3) is 0.429. The molecule has 0 aliphatic heterocycles. The first-order chi connectivity index (χ1) is 7.84. The lowest BCUT2D eigenvalue weighted by Gasteiger charge is -1.95. The smallest absolute Gasteiger partial charge is 0.0701 e. The number of rotatable bonds is 1. The van der Waals surface area contributed by atoms with Crippen LogP contribution in [0.5, 0.6) is 0 Å². The van der Waals surface area contributed by atoms with E-state index in [0.717, 1.165) is 0 Å². The van der Waals surface area contributed by atoms with Crippen molar-refractivity contribution < 1.29 is 12.3 Å². The third-order valence-corrected chi connectivity index (χ3v) is 2.17. The zero-order valence-corrected chi connectivity index (χ0v) is 6.69. The van der Waals surface area contributed by atoms with E-state index in [1.807, 2.05) is 0 Å². The number of hydrogen-bond donors (Lipinski definition) is 0. The molecule has 0 amide bonds. The van der Waals surface area contributed by atoms with Crippen molar-refractivity contribution in [3.63, 3.8) is 0 Å². The van der Waals surface area contributed by atoms with Crippen molar-refractivity contribution in [2.24, 2.45) is 0 Å². The van der Waals surface area contributed by atoms with E-state index in [1.54, 1.807) is 0 Å². The predicted octanol–water partition coefficient (Wildman–Crippen LogP) is 3.63. The Kier molecular flexibility index (Phi) is 0.587. The molecule has 0 saturated carbocycles. The van der Waals surface area contributed by atoms with Crippen molar-refractivity contribution in [1.29, 1.82) is 0 Å². The fourth-order valence-electron chi connectivity index (χ4n) is 0.360. The Balaban J connectivity index is 3.61. The van der Waals surface area contributed by atoms with E-state index in [1.165, 1.54) is 0 Å². The Labute approximate surface area is 80.7 Å². The second-order valence-electron chi connectivity index (χ2n) is 1.33. The lowest BCUT2D eigenvalue weighted by atomic mass is 10.2. The van der Waals surface area contributed by atoms with Gasteiger partial charge in [-0.25, -0.2) is 0 Å². The van der Waals surface area contributed by atoms with Crippen LogP contribution >= 0.6 is 27.3 Å². The van der Waals surface area contributed by atoms with Gasteiger partial charge in [0.25, 0.3) is 0 Å². The summed E-state index contributed by atoms with van der Waals surface area (Å²) in [4.78, 5) is -0.445. The maximum Gasteiger partial charge on any atom is 0.0701 e. The molecule has 0 unspecified atom stereocenters. The van der Waals surface area contributed by atoms with Crippen molar-refractivity contribution in [2.45, 2.75) is 19.6 Å². The number of thiophene rings is 1. The lowest BCUT2D eigenvalue weighted by Crippen LogP contribution is -1.77. The molecule has 0 aromatic carbocycles. The van der Waals surface area contributed by atoms with Crippen LogP contribution in [-0.4, -0.2) is 0 Å². The van der Waals surface area contributed by atoms with Crippen LogP contribution in [0.2, 0.25) is 0 Å². The molecule has 1 rings (SSSR count). The highest BCUT2D eigenvalue weighted by molar-refractivity contribution is 9.11. The normalized spacial score (nSPS) is 29.2. The summed E-state index contributed by atoms with van der Waals surface area (Å²) in [6.45, 7) is -6.24. The average molecular weight is 214 g/mol. The van der Waals surface area contributed by atoms with Gasteiger partial charge in [0.15, 0.2) is 0 Å². The van der Waals surface area contributed by atoms with Gasteiger partial charge in [-0.3, -0.25) is 0 Å². The molecule has 1 aromatic heterocycles. The molecule has 0 saturated heterocycles. The largest absolute Gasteiger partial charge is 0.133 e. The summed E-state index contributed by atoms with van der Waals surface area (Å²) in [5, 5.41) is 0. The highest BCUT2D eigenvalue weighted by Gasteiger charge is 2.00. The van der Waals surface area contributed by atoms with E-state index in [0.29, 0.717) is 11.3 Å². The van der Waals surface area contributed by atoms with Crippen LogP contribution in [0.15, 0.2) is 15.9 Å². The van der Waals surface area contributed by atoms with Crippen molar-refractivity contribution in [1.82, 2.24) is 0 Å². The Hall–Kier alpha value is 0.180. The molecule has 0 aliphatic rings. The minimum absolute atomic E-state index is 0.146. The highest BCUT2D eigenvalue weighted by Crippen LogP contribution is 2.27. The monoisotopic (exact) mass is 213 g/mol. The van der Waals surface area contributed by atoms with Gasteiger partial charge in [0, 0.05) is 14.5 Å². The van der Waals surface area contributed by atoms with Gasteiger partial charge in [0.05, 0.1) is 6.53 Å². The summed E-state index contributed by atoms with van der Waals surface area (Å²) in [6, 6.07) is -0.839. The first-order valence-corrected chi connectivity index (χ1v) is 3.71. The van der Waals surface area contributed by atoms with E-state index in [2.05, 4.69) is 15.9 Å². The minimum atomic E-state index is -3.12. The molecule has 0 bridgehead atoms. The minimum Gasteiger partial charge on any atom is -0.133 e. The molecule has 0 aliphatic carbocycles. The molecule has 9 heavy (non-hydrogen) atoms. The van der Waals surface area contributed by atoms with Crippen molar-refractivity contribution >= 4 is 27.3 Å². The number of hydrogen-bond acceptors (Lipinski definition) is 1. The van der Waals surface area contributed by atoms with Gasteiger partial charge >= 0.3 is 0 Å². The van der Waals surface area contributed by atoms with Crippen LogP contribution in [0, 0.1) is 0 Å². The van der Waals surface area contributed by atoms with Crippen LogP contribution < -0.4 is 0 Å². The fourth-order valence-corrected chi connectivity index (χ4v) is 1.43. The second kappa shape index (κ2) is 2.84. The van der Waals surface area contributed by atoms with Crippen molar-refractivity contribution in [3.8, 4) is 0 Å². The topological polar surface area (TPSA) is 0 Å². The van der Waals surface area contributed by atoms with Crippen molar-refractivity contribution in [3.05, 3.63) is 20.7 Å². The van der Waals surface area contributed by atoms with Gasteiger partial charge in [0.1, 0.15) is 0 Å². The molecular formula is C7H9BrS. The third kappa shape index (κ3) is 1.80. The van der Waals surface area contributed by atoms with Crippen molar-refractivity contribution in [2.75, 3.05) is 0 Å². The molecule has 1 heterocycles. The average Bonchev–Trinajstić information content (AvgIpc) is 2.41. The summed E-state index contributed by atoms with van der Waals surface area (Å²) in [7, 11) is 0. The van der Waals surface area contributed by atoms with E-state index in [9.17, 15) is 0 Å². The Bertz CT molecular complexity index is 443. The van der Waals surface area contributed by atoms with Crippen LogP contribution in [0.3, 0.4) is 0 Å². The summed E-state index contributed by atoms with van der Waals surface area (Å²) in [5.74, 6) is -2.90. The molecule has 0 radical (unpaired) electrons. The Morgan fingerprint density at radius 3 is 3.11 bits per heavy atom. The second-order valence-corrected chi connectivity index (χ2v) is 3.67. The SMILES string of the molecule is [2H]c1c(Br)sc(C([2H])(C([2H])([2H])[2H])C([2H])([2H])[2H])c1[2H]. The number of halogens is 1. The van der Waals surface area contributed by atoms with Gasteiger partial charge in [0.2, 0.25) is 0 Å². The molecule has 1 aromatic rings.